The van der Waals surface area contributed by atoms with E-state index in [0.29, 0.717) is 0 Å². The van der Waals surface area contributed by atoms with Gasteiger partial charge < -0.3 is 10.3 Å². The van der Waals surface area contributed by atoms with Crippen molar-refractivity contribution in [3.8, 4) is 0 Å². The van der Waals surface area contributed by atoms with Crippen molar-refractivity contribution in [2.45, 2.75) is 31.2 Å². The Kier molecular flexibility index (Phi) is 4.36. The predicted octanol–water partition coefficient (Wildman–Crippen LogP) is 2.07. The molecular weight excluding hydrogens is 214 g/mol. The lowest BCUT2D eigenvalue weighted by molar-refractivity contribution is 0.0536. The molecule has 0 amide bonds. The van der Waals surface area contributed by atoms with Crippen LogP contribution in [-0.2, 0) is 4.84 Å². The molecule has 1 saturated carbocycles. The van der Waals surface area contributed by atoms with Crippen molar-refractivity contribution < 1.29 is 4.84 Å². The summed E-state index contributed by atoms with van der Waals surface area (Å²) in [6.45, 7) is 0.769. The van der Waals surface area contributed by atoms with E-state index in [-0.39, 0.29) is 5.54 Å². The van der Waals surface area contributed by atoms with E-state index < -0.39 is 0 Å². The van der Waals surface area contributed by atoms with Gasteiger partial charge in [-0.1, -0.05) is 18.2 Å². The minimum atomic E-state index is 0.285. The molecule has 1 aromatic carbocycles. The molecule has 0 spiro atoms. The van der Waals surface area contributed by atoms with Gasteiger partial charge in [0.25, 0.3) is 0 Å². The average molecular weight is 235 g/mol. The molecule has 0 aromatic heterocycles. The summed E-state index contributed by atoms with van der Waals surface area (Å²) in [4.78, 5) is 5.12. The Hall–Kier alpha value is -1.10. The lowest BCUT2D eigenvalue weighted by atomic mass is 10.1. The van der Waals surface area contributed by atoms with Crippen molar-refractivity contribution >= 4 is 5.69 Å². The molecule has 2 rings (SSSR count). The van der Waals surface area contributed by atoms with Crippen LogP contribution in [0.4, 0.5) is 5.69 Å². The van der Waals surface area contributed by atoms with Gasteiger partial charge >= 0.3 is 0 Å². The standard InChI is InChI=1S/C13H21N3O/c1-14-17-11-5-8-13(9-10-13)16-15-12-6-3-2-4-7-12/h2-4,6-7,14-16H,5,8-11H2,1H3. The van der Waals surface area contributed by atoms with Gasteiger partial charge in [-0.2, -0.15) is 0 Å². The fourth-order valence-electron chi connectivity index (χ4n) is 1.90. The minimum Gasteiger partial charge on any atom is -0.321 e. The Morgan fingerprint density at radius 3 is 2.65 bits per heavy atom. The van der Waals surface area contributed by atoms with Gasteiger partial charge in [-0.15, -0.1) is 0 Å². The van der Waals surface area contributed by atoms with Crippen LogP contribution in [0.5, 0.6) is 0 Å². The number of anilines is 1. The fraction of sp³-hybridized carbons (Fsp3) is 0.538. The van der Waals surface area contributed by atoms with Crippen LogP contribution in [-0.4, -0.2) is 19.2 Å². The quantitative estimate of drug-likeness (QED) is 0.477. The number of nitrogens with one attached hydrogen (secondary N) is 3. The molecule has 1 aliphatic rings. The molecule has 4 heteroatoms. The van der Waals surface area contributed by atoms with Crippen LogP contribution in [0.25, 0.3) is 0 Å². The van der Waals surface area contributed by atoms with Crippen LogP contribution >= 0.6 is 0 Å². The third-order valence-electron chi connectivity index (χ3n) is 3.15. The van der Waals surface area contributed by atoms with E-state index in [1.165, 1.54) is 12.8 Å². The normalized spacial score (nSPS) is 16.8. The Balaban J connectivity index is 1.68. The zero-order chi connectivity index (χ0) is 12.0. The van der Waals surface area contributed by atoms with Gasteiger partial charge in [0.2, 0.25) is 0 Å². The topological polar surface area (TPSA) is 45.3 Å². The molecule has 0 bridgehead atoms. The Morgan fingerprint density at radius 1 is 1.24 bits per heavy atom. The lowest BCUT2D eigenvalue weighted by Gasteiger charge is -2.18. The number of hydrogen-bond donors (Lipinski definition) is 3. The van der Waals surface area contributed by atoms with Crippen LogP contribution in [0.2, 0.25) is 0 Å². The van der Waals surface area contributed by atoms with Crippen LogP contribution in [0, 0.1) is 0 Å². The number of para-hydroxylation sites is 1. The molecule has 0 heterocycles. The minimum absolute atomic E-state index is 0.285. The number of hydrazine groups is 1. The van der Waals surface area contributed by atoms with Gasteiger partial charge in [-0.05, 0) is 37.8 Å². The largest absolute Gasteiger partial charge is 0.321 e. The van der Waals surface area contributed by atoms with Crippen LogP contribution in [0.1, 0.15) is 25.7 Å². The van der Waals surface area contributed by atoms with E-state index in [1.54, 1.807) is 7.05 Å². The molecule has 3 N–H and O–H groups in total. The van der Waals surface area contributed by atoms with Gasteiger partial charge in [0, 0.05) is 18.3 Å². The van der Waals surface area contributed by atoms with Crippen LogP contribution in [0.3, 0.4) is 0 Å². The zero-order valence-electron chi connectivity index (χ0n) is 10.3. The molecule has 0 unspecified atom stereocenters. The van der Waals surface area contributed by atoms with Gasteiger partial charge in [0.1, 0.15) is 0 Å². The SMILES string of the molecule is CNOCCCC1(NNc2ccccc2)CC1. The summed E-state index contributed by atoms with van der Waals surface area (Å²) in [5.41, 5.74) is 10.8. The summed E-state index contributed by atoms with van der Waals surface area (Å²) in [5.74, 6) is 0. The summed E-state index contributed by atoms with van der Waals surface area (Å²) in [6.07, 6.45) is 4.71. The maximum Gasteiger partial charge on any atom is 0.0682 e. The molecular formula is C13H21N3O. The van der Waals surface area contributed by atoms with Crippen molar-refractivity contribution in [1.82, 2.24) is 10.9 Å². The summed E-state index contributed by atoms with van der Waals surface area (Å²) < 4.78 is 0. The summed E-state index contributed by atoms with van der Waals surface area (Å²) in [5, 5.41) is 0. The first-order valence-electron chi connectivity index (χ1n) is 6.21. The Labute approximate surface area is 103 Å². The van der Waals surface area contributed by atoms with E-state index >= 15 is 0 Å². The average Bonchev–Trinajstić information content (AvgIpc) is 3.14. The number of rotatable bonds is 8. The molecule has 17 heavy (non-hydrogen) atoms. The van der Waals surface area contributed by atoms with Crippen molar-refractivity contribution in [2.24, 2.45) is 0 Å². The highest BCUT2D eigenvalue weighted by atomic mass is 16.6. The molecule has 94 valence electrons. The van der Waals surface area contributed by atoms with Gasteiger partial charge in [0.05, 0.1) is 6.61 Å². The molecule has 0 radical (unpaired) electrons. The third kappa shape index (κ3) is 4.00. The number of hydrogen-bond acceptors (Lipinski definition) is 4. The predicted molar refractivity (Wildman–Crippen MR) is 69.4 cm³/mol. The van der Waals surface area contributed by atoms with Crippen molar-refractivity contribution in [3.05, 3.63) is 30.3 Å². The van der Waals surface area contributed by atoms with Gasteiger partial charge in [-0.3, -0.25) is 0 Å². The first kappa shape index (κ1) is 12.4. The van der Waals surface area contributed by atoms with Crippen molar-refractivity contribution in [3.63, 3.8) is 0 Å². The van der Waals surface area contributed by atoms with Crippen LogP contribution in [0.15, 0.2) is 30.3 Å². The second-order valence-corrected chi connectivity index (χ2v) is 4.55. The summed E-state index contributed by atoms with van der Waals surface area (Å²) in [6, 6.07) is 10.2. The highest BCUT2D eigenvalue weighted by Crippen LogP contribution is 2.39. The Bertz CT molecular complexity index is 325. The van der Waals surface area contributed by atoms with Crippen molar-refractivity contribution in [1.29, 1.82) is 0 Å². The lowest BCUT2D eigenvalue weighted by Crippen LogP contribution is -2.36. The van der Waals surface area contributed by atoms with Crippen molar-refractivity contribution in [2.75, 3.05) is 19.1 Å². The molecule has 1 aromatic rings. The van der Waals surface area contributed by atoms with E-state index in [2.05, 4.69) is 28.5 Å². The van der Waals surface area contributed by atoms with E-state index in [1.807, 2.05) is 18.2 Å². The monoisotopic (exact) mass is 235 g/mol. The third-order valence-corrected chi connectivity index (χ3v) is 3.15. The summed E-state index contributed by atoms with van der Waals surface area (Å²) in [7, 11) is 1.79. The molecule has 0 saturated heterocycles. The van der Waals surface area contributed by atoms with Gasteiger partial charge in [-0.25, -0.2) is 10.9 Å². The number of benzene rings is 1. The highest BCUT2D eigenvalue weighted by Gasteiger charge is 2.41. The second kappa shape index (κ2) is 6.00. The fourth-order valence-corrected chi connectivity index (χ4v) is 1.90. The van der Waals surface area contributed by atoms with E-state index in [4.69, 9.17) is 4.84 Å². The number of hydroxylamine groups is 1. The summed E-state index contributed by atoms with van der Waals surface area (Å²) >= 11 is 0. The zero-order valence-corrected chi connectivity index (χ0v) is 10.3. The Morgan fingerprint density at radius 2 is 2.00 bits per heavy atom. The molecule has 1 aliphatic carbocycles. The molecule has 1 fully saturated rings. The van der Waals surface area contributed by atoms with E-state index in [0.717, 1.165) is 25.1 Å². The maximum absolute atomic E-state index is 5.12. The van der Waals surface area contributed by atoms with Gasteiger partial charge in [0.15, 0.2) is 0 Å². The first-order chi connectivity index (χ1) is 8.35. The second-order valence-electron chi connectivity index (χ2n) is 4.55. The highest BCUT2D eigenvalue weighted by molar-refractivity contribution is 5.41. The molecule has 0 aliphatic heterocycles. The van der Waals surface area contributed by atoms with E-state index in [9.17, 15) is 0 Å². The maximum atomic E-state index is 5.12. The molecule has 0 atom stereocenters. The smallest absolute Gasteiger partial charge is 0.0682 e. The van der Waals surface area contributed by atoms with Crippen LogP contribution < -0.4 is 16.3 Å². The first-order valence-corrected chi connectivity index (χ1v) is 6.21. The molecule has 4 nitrogen and oxygen atoms in total.